The van der Waals surface area contributed by atoms with Crippen molar-refractivity contribution in [3.05, 3.63) is 69.8 Å². The Hall–Kier alpha value is -3.26. The van der Waals surface area contributed by atoms with Crippen molar-refractivity contribution in [2.45, 2.75) is 6.10 Å². The van der Waals surface area contributed by atoms with Gasteiger partial charge in [0.1, 0.15) is 18.5 Å². The number of non-ortho nitro benzene ring substituents is 1. The van der Waals surface area contributed by atoms with Crippen LogP contribution in [0.15, 0.2) is 48.5 Å². The fraction of sp³-hybridized carbons (Fsp3) is 0.176. The summed E-state index contributed by atoms with van der Waals surface area (Å²) in [6.45, 7) is -0.357. The molecule has 1 N–H and O–H groups in total. The first-order valence-corrected chi connectivity index (χ1v) is 7.48. The summed E-state index contributed by atoms with van der Waals surface area (Å²) in [4.78, 5) is 35.5. The van der Waals surface area contributed by atoms with Gasteiger partial charge < -0.3 is 9.84 Å². The Morgan fingerprint density at radius 1 is 1.04 bits per heavy atom. The van der Waals surface area contributed by atoms with Gasteiger partial charge in [-0.3, -0.25) is 24.6 Å². The number of benzene rings is 2. The van der Waals surface area contributed by atoms with E-state index in [4.69, 9.17) is 4.74 Å². The Bertz CT molecular complexity index is 798. The van der Waals surface area contributed by atoms with Crippen LogP contribution in [-0.4, -0.2) is 46.0 Å². The molecule has 25 heavy (non-hydrogen) atoms. The molecule has 8 heteroatoms. The molecule has 2 aromatic rings. The quantitative estimate of drug-likeness (QED) is 0.485. The van der Waals surface area contributed by atoms with Gasteiger partial charge in [-0.05, 0) is 24.3 Å². The van der Waals surface area contributed by atoms with Crippen LogP contribution in [0.5, 0.6) is 5.75 Å². The number of nitro groups is 1. The number of hydrogen-bond donors (Lipinski definition) is 1. The highest BCUT2D eigenvalue weighted by molar-refractivity contribution is 6.21. The van der Waals surface area contributed by atoms with Crippen molar-refractivity contribution in [1.29, 1.82) is 0 Å². The summed E-state index contributed by atoms with van der Waals surface area (Å²) < 4.78 is 5.34. The summed E-state index contributed by atoms with van der Waals surface area (Å²) in [5.74, 6) is -0.558. The summed E-state index contributed by atoms with van der Waals surface area (Å²) in [5.41, 5.74) is 0.561. The van der Waals surface area contributed by atoms with E-state index in [2.05, 4.69) is 0 Å². The topological polar surface area (TPSA) is 110 Å². The predicted molar refractivity (Wildman–Crippen MR) is 86.4 cm³/mol. The maximum atomic E-state index is 12.2. The maximum absolute atomic E-state index is 12.2. The average Bonchev–Trinajstić information content (AvgIpc) is 2.86. The molecule has 0 saturated carbocycles. The average molecular weight is 342 g/mol. The number of carbonyl (C=O) groups is 2. The van der Waals surface area contributed by atoms with Crippen LogP contribution in [0.25, 0.3) is 0 Å². The Labute approximate surface area is 142 Å². The van der Waals surface area contributed by atoms with Crippen LogP contribution in [0.3, 0.4) is 0 Å². The molecule has 1 aliphatic heterocycles. The third kappa shape index (κ3) is 3.33. The van der Waals surface area contributed by atoms with Crippen LogP contribution in [0.4, 0.5) is 5.69 Å². The van der Waals surface area contributed by atoms with Crippen molar-refractivity contribution in [2.75, 3.05) is 13.2 Å². The Balaban J connectivity index is 1.58. The van der Waals surface area contributed by atoms with E-state index < -0.39 is 22.8 Å². The first-order valence-electron chi connectivity index (χ1n) is 7.48. The number of rotatable bonds is 6. The van der Waals surface area contributed by atoms with Crippen molar-refractivity contribution in [3.8, 4) is 5.75 Å². The van der Waals surface area contributed by atoms with Gasteiger partial charge in [-0.1, -0.05) is 12.1 Å². The van der Waals surface area contributed by atoms with Crippen LogP contribution in [-0.2, 0) is 0 Å². The Morgan fingerprint density at radius 2 is 1.60 bits per heavy atom. The molecular formula is C17H14N2O6. The predicted octanol–water partition coefficient (Wildman–Crippen LogP) is 1.63. The molecule has 0 bridgehead atoms. The molecule has 0 fully saturated rings. The number of hydrogen-bond acceptors (Lipinski definition) is 6. The first-order chi connectivity index (χ1) is 12.0. The first kappa shape index (κ1) is 16.6. The van der Waals surface area contributed by atoms with Gasteiger partial charge in [0.2, 0.25) is 0 Å². The Morgan fingerprint density at radius 3 is 2.12 bits per heavy atom. The van der Waals surface area contributed by atoms with Gasteiger partial charge in [0, 0.05) is 12.1 Å². The number of aliphatic hydroxyl groups excluding tert-OH is 1. The highest BCUT2D eigenvalue weighted by Gasteiger charge is 2.36. The molecule has 2 aromatic carbocycles. The van der Waals surface area contributed by atoms with Crippen LogP contribution in [0.1, 0.15) is 20.7 Å². The molecule has 1 heterocycles. The highest BCUT2D eigenvalue weighted by Crippen LogP contribution is 2.23. The van der Waals surface area contributed by atoms with Crippen LogP contribution < -0.4 is 4.74 Å². The molecule has 0 aliphatic carbocycles. The van der Waals surface area contributed by atoms with E-state index in [9.17, 15) is 24.8 Å². The van der Waals surface area contributed by atoms with E-state index in [1.807, 2.05) is 0 Å². The summed E-state index contributed by atoms with van der Waals surface area (Å²) in [6.07, 6.45) is -1.09. The standard InChI is InChI=1S/C17H14N2O6/c20-12(10-25-13-7-5-11(6-8-13)19(23)24)9-18-16(21)14-3-1-2-4-15(14)17(18)22/h1-8,12,20H,9-10H2/t12-/m0/s1. The molecule has 8 nitrogen and oxygen atoms in total. The second-order valence-corrected chi connectivity index (χ2v) is 5.48. The zero-order valence-corrected chi connectivity index (χ0v) is 13.0. The molecule has 1 aliphatic rings. The molecular weight excluding hydrogens is 328 g/mol. The molecule has 0 radical (unpaired) electrons. The van der Waals surface area contributed by atoms with Gasteiger partial charge in [0.25, 0.3) is 17.5 Å². The van der Waals surface area contributed by atoms with Crippen LogP contribution >= 0.6 is 0 Å². The number of nitro benzene ring substituents is 1. The van der Waals surface area contributed by atoms with Crippen molar-refractivity contribution in [1.82, 2.24) is 4.90 Å². The normalized spacial score (nSPS) is 14.4. The van der Waals surface area contributed by atoms with Crippen molar-refractivity contribution in [3.63, 3.8) is 0 Å². The Kier molecular flexibility index (Phi) is 4.44. The fourth-order valence-corrected chi connectivity index (χ4v) is 2.52. The fourth-order valence-electron chi connectivity index (χ4n) is 2.52. The smallest absolute Gasteiger partial charge is 0.269 e. The van der Waals surface area contributed by atoms with E-state index in [0.29, 0.717) is 16.9 Å². The molecule has 2 amide bonds. The largest absolute Gasteiger partial charge is 0.491 e. The minimum atomic E-state index is -1.09. The van der Waals surface area contributed by atoms with E-state index in [-0.39, 0.29) is 18.8 Å². The zero-order chi connectivity index (χ0) is 18.0. The van der Waals surface area contributed by atoms with Gasteiger partial charge in [0.15, 0.2) is 0 Å². The number of amides is 2. The molecule has 128 valence electrons. The lowest BCUT2D eigenvalue weighted by molar-refractivity contribution is -0.384. The SMILES string of the molecule is O=C1c2ccccc2C(=O)N1C[C@H](O)COc1ccc([N+](=O)[O-])cc1. The summed E-state index contributed by atoms with van der Waals surface area (Å²) in [7, 11) is 0. The lowest BCUT2D eigenvalue weighted by atomic mass is 10.1. The number of β-amino-alcohol motifs (C(OH)–C–C–N with tert-alkyl or cyclic N) is 1. The van der Waals surface area contributed by atoms with Gasteiger partial charge in [-0.2, -0.15) is 0 Å². The summed E-state index contributed by atoms with van der Waals surface area (Å²) in [5, 5.41) is 20.6. The number of aliphatic hydroxyl groups is 1. The van der Waals surface area contributed by atoms with E-state index >= 15 is 0 Å². The third-order valence-electron chi connectivity index (χ3n) is 3.76. The number of ether oxygens (including phenoxy) is 1. The number of fused-ring (bicyclic) bond motifs is 1. The van der Waals surface area contributed by atoms with Crippen LogP contribution in [0, 0.1) is 10.1 Å². The zero-order valence-electron chi connectivity index (χ0n) is 13.0. The molecule has 0 aromatic heterocycles. The lowest BCUT2D eigenvalue weighted by Gasteiger charge is -2.18. The number of imide groups is 1. The van der Waals surface area contributed by atoms with Crippen molar-refractivity contribution >= 4 is 17.5 Å². The molecule has 1 atom stereocenters. The lowest BCUT2D eigenvalue weighted by Crippen LogP contribution is -2.39. The maximum Gasteiger partial charge on any atom is 0.269 e. The number of carbonyl (C=O) groups excluding carboxylic acids is 2. The molecule has 0 saturated heterocycles. The second-order valence-electron chi connectivity index (χ2n) is 5.48. The summed E-state index contributed by atoms with van der Waals surface area (Å²) >= 11 is 0. The van der Waals surface area contributed by atoms with Crippen molar-refractivity contribution in [2.24, 2.45) is 0 Å². The summed E-state index contributed by atoms with van der Waals surface area (Å²) in [6, 6.07) is 11.9. The van der Waals surface area contributed by atoms with E-state index in [1.165, 1.54) is 24.3 Å². The van der Waals surface area contributed by atoms with Crippen LogP contribution in [0.2, 0.25) is 0 Å². The third-order valence-corrected chi connectivity index (χ3v) is 3.76. The van der Waals surface area contributed by atoms with E-state index in [0.717, 1.165) is 4.90 Å². The minimum Gasteiger partial charge on any atom is -0.491 e. The second kappa shape index (κ2) is 6.70. The molecule has 0 unspecified atom stereocenters. The van der Waals surface area contributed by atoms with Crippen molar-refractivity contribution < 1.29 is 24.4 Å². The van der Waals surface area contributed by atoms with E-state index in [1.54, 1.807) is 24.3 Å². The molecule has 3 rings (SSSR count). The van der Waals surface area contributed by atoms with Gasteiger partial charge in [-0.15, -0.1) is 0 Å². The monoisotopic (exact) mass is 342 g/mol. The molecule has 0 spiro atoms. The van der Waals surface area contributed by atoms with Gasteiger partial charge in [-0.25, -0.2) is 0 Å². The van der Waals surface area contributed by atoms with Gasteiger partial charge >= 0.3 is 0 Å². The highest BCUT2D eigenvalue weighted by atomic mass is 16.6. The van der Waals surface area contributed by atoms with Gasteiger partial charge in [0.05, 0.1) is 22.6 Å². The minimum absolute atomic E-state index is 0.0704. The number of nitrogens with zero attached hydrogens (tertiary/aromatic N) is 2.